The normalized spacial score (nSPS) is 12.8. The van der Waals surface area contributed by atoms with Crippen LogP contribution in [-0.2, 0) is 6.54 Å². The SMILES string of the molecule is CCN(CCC(O)c1cccc(F)c1F)Cc1ccco1. The van der Waals surface area contributed by atoms with Gasteiger partial charge in [0.15, 0.2) is 11.6 Å². The number of aliphatic hydroxyl groups is 1. The Morgan fingerprint density at radius 2 is 2.05 bits per heavy atom. The first-order valence-corrected chi connectivity index (χ1v) is 6.98. The first-order valence-electron chi connectivity index (χ1n) is 6.98. The molecular weight excluding hydrogens is 276 g/mol. The van der Waals surface area contributed by atoms with Crippen LogP contribution in [0.1, 0.15) is 30.8 Å². The van der Waals surface area contributed by atoms with Crippen molar-refractivity contribution in [2.75, 3.05) is 13.1 Å². The molecule has 0 saturated carbocycles. The summed E-state index contributed by atoms with van der Waals surface area (Å²) in [5.74, 6) is -1.07. The van der Waals surface area contributed by atoms with E-state index in [2.05, 4.69) is 4.90 Å². The Labute approximate surface area is 122 Å². The van der Waals surface area contributed by atoms with Crippen molar-refractivity contribution in [1.29, 1.82) is 0 Å². The Bertz CT molecular complexity index is 557. The fourth-order valence-electron chi connectivity index (χ4n) is 2.21. The lowest BCUT2D eigenvalue weighted by Crippen LogP contribution is -2.25. The lowest BCUT2D eigenvalue weighted by molar-refractivity contribution is 0.134. The molecule has 0 radical (unpaired) electrons. The molecule has 5 heteroatoms. The summed E-state index contributed by atoms with van der Waals surface area (Å²) in [6.07, 6.45) is 0.918. The zero-order valence-corrected chi connectivity index (χ0v) is 11.9. The average Bonchev–Trinajstić information content (AvgIpc) is 2.99. The van der Waals surface area contributed by atoms with Gasteiger partial charge >= 0.3 is 0 Å². The number of hydrogen-bond acceptors (Lipinski definition) is 3. The zero-order valence-electron chi connectivity index (χ0n) is 11.9. The maximum absolute atomic E-state index is 13.6. The van der Waals surface area contributed by atoms with Crippen LogP contribution in [-0.4, -0.2) is 23.1 Å². The predicted molar refractivity (Wildman–Crippen MR) is 75.6 cm³/mol. The first kappa shape index (κ1) is 15.7. The van der Waals surface area contributed by atoms with Crippen LogP contribution in [0.25, 0.3) is 0 Å². The van der Waals surface area contributed by atoms with E-state index in [4.69, 9.17) is 4.42 Å². The Morgan fingerprint density at radius 3 is 2.71 bits per heavy atom. The second kappa shape index (κ2) is 7.33. The third kappa shape index (κ3) is 4.12. The highest BCUT2D eigenvalue weighted by Gasteiger charge is 2.17. The van der Waals surface area contributed by atoms with Crippen molar-refractivity contribution in [3.05, 3.63) is 59.6 Å². The smallest absolute Gasteiger partial charge is 0.164 e. The molecule has 21 heavy (non-hydrogen) atoms. The first-order chi connectivity index (χ1) is 10.1. The van der Waals surface area contributed by atoms with Crippen LogP contribution in [0.2, 0.25) is 0 Å². The molecule has 0 aliphatic rings. The summed E-state index contributed by atoms with van der Waals surface area (Å²) in [4.78, 5) is 2.07. The van der Waals surface area contributed by atoms with Crippen molar-refractivity contribution in [3.63, 3.8) is 0 Å². The summed E-state index contributed by atoms with van der Waals surface area (Å²) >= 11 is 0. The summed E-state index contributed by atoms with van der Waals surface area (Å²) in [6, 6.07) is 7.55. The minimum Gasteiger partial charge on any atom is -0.468 e. The summed E-state index contributed by atoms with van der Waals surface area (Å²) in [6.45, 7) is 3.97. The number of rotatable bonds is 7. The highest BCUT2D eigenvalue weighted by molar-refractivity contribution is 5.21. The maximum Gasteiger partial charge on any atom is 0.164 e. The molecule has 1 aromatic carbocycles. The molecule has 1 aromatic heterocycles. The van der Waals surface area contributed by atoms with Gasteiger partial charge < -0.3 is 9.52 Å². The lowest BCUT2D eigenvalue weighted by Gasteiger charge is -2.21. The van der Waals surface area contributed by atoms with Crippen molar-refractivity contribution >= 4 is 0 Å². The van der Waals surface area contributed by atoms with E-state index in [-0.39, 0.29) is 5.56 Å². The average molecular weight is 295 g/mol. The number of furan rings is 1. The van der Waals surface area contributed by atoms with E-state index in [0.29, 0.717) is 19.5 Å². The van der Waals surface area contributed by atoms with Gasteiger partial charge in [0.2, 0.25) is 0 Å². The topological polar surface area (TPSA) is 36.6 Å². The largest absolute Gasteiger partial charge is 0.468 e. The molecule has 0 amide bonds. The molecule has 1 N–H and O–H groups in total. The molecule has 1 heterocycles. The fraction of sp³-hybridized carbons (Fsp3) is 0.375. The van der Waals surface area contributed by atoms with Crippen LogP contribution in [0.4, 0.5) is 8.78 Å². The van der Waals surface area contributed by atoms with Crippen molar-refractivity contribution in [2.24, 2.45) is 0 Å². The molecule has 0 spiro atoms. The Hall–Kier alpha value is -1.72. The van der Waals surface area contributed by atoms with E-state index in [1.54, 1.807) is 6.26 Å². The van der Waals surface area contributed by atoms with Gasteiger partial charge in [-0.05, 0) is 31.2 Å². The van der Waals surface area contributed by atoms with Crippen LogP contribution in [0, 0.1) is 11.6 Å². The molecule has 2 rings (SSSR count). The fourth-order valence-corrected chi connectivity index (χ4v) is 2.21. The number of benzene rings is 1. The summed E-state index contributed by atoms with van der Waals surface area (Å²) < 4.78 is 32.0. The van der Waals surface area contributed by atoms with E-state index >= 15 is 0 Å². The van der Waals surface area contributed by atoms with E-state index in [1.165, 1.54) is 12.1 Å². The second-order valence-electron chi connectivity index (χ2n) is 4.90. The Balaban J connectivity index is 1.92. The number of halogens is 2. The second-order valence-corrected chi connectivity index (χ2v) is 4.90. The van der Waals surface area contributed by atoms with Gasteiger partial charge in [0.25, 0.3) is 0 Å². The minimum absolute atomic E-state index is 0.00375. The highest BCUT2D eigenvalue weighted by atomic mass is 19.2. The zero-order chi connectivity index (χ0) is 15.2. The molecule has 0 aliphatic carbocycles. The van der Waals surface area contributed by atoms with E-state index in [9.17, 15) is 13.9 Å². The van der Waals surface area contributed by atoms with Crippen LogP contribution in [0.3, 0.4) is 0 Å². The monoisotopic (exact) mass is 295 g/mol. The van der Waals surface area contributed by atoms with Gasteiger partial charge in [-0.1, -0.05) is 19.1 Å². The lowest BCUT2D eigenvalue weighted by atomic mass is 10.1. The van der Waals surface area contributed by atoms with Gasteiger partial charge in [0.1, 0.15) is 5.76 Å². The van der Waals surface area contributed by atoms with Crippen molar-refractivity contribution in [3.8, 4) is 0 Å². The van der Waals surface area contributed by atoms with Crippen LogP contribution in [0.5, 0.6) is 0 Å². The molecule has 0 aliphatic heterocycles. The highest BCUT2D eigenvalue weighted by Crippen LogP contribution is 2.22. The van der Waals surface area contributed by atoms with E-state index < -0.39 is 17.7 Å². The summed E-state index contributed by atoms with van der Waals surface area (Å²) in [5, 5.41) is 10.0. The van der Waals surface area contributed by atoms with E-state index in [0.717, 1.165) is 18.4 Å². The van der Waals surface area contributed by atoms with E-state index in [1.807, 2.05) is 19.1 Å². The third-order valence-electron chi connectivity index (χ3n) is 3.47. The molecule has 114 valence electrons. The molecule has 1 unspecified atom stereocenters. The standard InChI is InChI=1S/C16H19F2NO2/c1-2-19(11-12-5-4-10-21-12)9-8-15(20)13-6-3-7-14(17)16(13)18/h3-7,10,15,20H,2,8-9,11H2,1H3. The van der Waals surface area contributed by atoms with Crippen LogP contribution in [0.15, 0.2) is 41.0 Å². The Morgan fingerprint density at radius 1 is 1.24 bits per heavy atom. The summed E-state index contributed by atoms with van der Waals surface area (Å²) in [5.41, 5.74) is 0.00375. The molecule has 0 bridgehead atoms. The van der Waals surface area contributed by atoms with Crippen LogP contribution >= 0.6 is 0 Å². The van der Waals surface area contributed by atoms with Crippen molar-refractivity contribution in [1.82, 2.24) is 4.90 Å². The van der Waals surface area contributed by atoms with Gasteiger partial charge in [-0.3, -0.25) is 4.90 Å². The van der Waals surface area contributed by atoms with Crippen molar-refractivity contribution in [2.45, 2.75) is 26.0 Å². The van der Waals surface area contributed by atoms with Crippen molar-refractivity contribution < 1.29 is 18.3 Å². The molecule has 1 atom stereocenters. The van der Waals surface area contributed by atoms with Gasteiger partial charge in [-0.2, -0.15) is 0 Å². The van der Waals surface area contributed by atoms with Gasteiger partial charge in [0.05, 0.1) is 18.9 Å². The van der Waals surface area contributed by atoms with Gasteiger partial charge in [0, 0.05) is 12.1 Å². The molecule has 0 fully saturated rings. The molecule has 2 aromatic rings. The molecular formula is C16H19F2NO2. The molecule has 0 saturated heterocycles. The number of aliphatic hydroxyl groups excluding tert-OH is 1. The number of hydrogen-bond donors (Lipinski definition) is 1. The predicted octanol–water partition coefficient (Wildman–Crippen LogP) is 3.50. The summed E-state index contributed by atoms with van der Waals surface area (Å²) in [7, 11) is 0. The number of nitrogens with zero attached hydrogens (tertiary/aromatic N) is 1. The van der Waals surface area contributed by atoms with Gasteiger partial charge in [-0.15, -0.1) is 0 Å². The maximum atomic E-state index is 13.6. The molecule has 3 nitrogen and oxygen atoms in total. The van der Waals surface area contributed by atoms with Gasteiger partial charge in [-0.25, -0.2) is 8.78 Å². The Kier molecular flexibility index (Phi) is 5.47. The minimum atomic E-state index is -1.02. The van der Waals surface area contributed by atoms with Crippen LogP contribution < -0.4 is 0 Å². The quantitative estimate of drug-likeness (QED) is 0.849. The third-order valence-corrected chi connectivity index (χ3v) is 3.47.